The van der Waals surface area contributed by atoms with Crippen molar-refractivity contribution in [2.24, 2.45) is 0 Å². The van der Waals surface area contributed by atoms with E-state index in [4.69, 9.17) is 5.11 Å². The molecule has 2 rings (SSSR count). The van der Waals surface area contributed by atoms with Gasteiger partial charge in [-0.05, 0) is 31.4 Å². The molecule has 0 spiro atoms. The molecule has 1 aromatic rings. The second-order valence-electron chi connectivity index (χ2n) is 6.19. The topological polar surface area (TPSA) is 121 Å². The van der Waals surface area contributed by atoms with E-state index in [2.05, 4.69) is 0 Å². The van der Waals surface area contributed by atoms with Crippen LogP contribution in [0.25, 0.3) is 0 Å². The monoisotopic (exact) mass is 385 g/mol. The molecule has 0 atom stereocenters. The minimum atomic E-state index is -3.80. The summed E-state index contributed by atoms with van der Waals surface area (Å²) < 4.78 is 26.8. The van der Waals surface area contributed by atoms with Crippen LogP contribution in [0.1, 0.15) is 32.6 Å². The summed E-state index contributed by atoms with van der Waals surface area (Å²) in [7, 11) is -3.80. The van der Waals surface area contributed by atoms with Crippen molar-refractivity contribution in [3.05, 3.63) is 28.3 Å². The maximum Gasteiger partial charge on any atom is 0.323 e. The molecule has 1 aliphatic heterocycles. The number of nitro benzene ring substituents is 1. The fourth-order valence-corrected chi connectivity index (χ4v) is 4.59. The van der Waals surface area contributed by atoms with Gasteiger partial charge in [-0.2, -0.15) is 4.31 Å². The first-order valence-corrected chi connectivity index (χ1v) is 9.96. The molecule has 1 aromatic carbocycles. The number of nitro groups is 1. The molecule has 0 unspecified atom stereocenters. The third-order valence-corrected chi connectivity index (χ3v) is 6.15. The molecule has 9 nitrogen and oxygen atoms in total. The second-order valence-corrected chi connectivity index (χ2v) is 8.13. The summed E-state index contributed by atoms with van der Waals surface area (Å²) in [6, 6.07) is 3.67. The summed E-state index contributed by atoms with van der Waals surface area (Å²) in [6.07, 6.45) is 3.09. The first kappa shape index (κ1) is 20.1. The summed E-state index contributed by atoms with van der Waals surface area (Å²) in [6.45, 7) is 2.55. The number of carboxylic acid groups (broad SMARTS) is 1. The van der Waals surface area contributed by atoms with E-state index in [1.54, 1.807) is 0 Å². The molecule has 1 saturated heterocycles. The van der Waals surface area contributed by atoms with Crippen molar-refractivity contribution in [3.8, 4) is 0 Å². The van der Waals surface area contributed by atoms with Gasteiger partial charge in [0, 0.05) is 25.7 Å². The van der Waals surface area contributed by atoms with Gasteiger partial charge in [0.15, 0.2) is 0 Å². The van der Waals surface area contributed by atoms with Crippen LogP contribution in [0.2, 0.25) is 0 Å². The number of rotatable bonds is 8. The fraction of sp³-hybridized carbons (Fsp3) is 0.562. The van der Waals surface area contributed by atoms with E-state index in [9.17, 15) is 23.3 Å². The number of nitrogens with zero attached hydrogens (tertiary/aromatic N) is 3. The van der Waals surface area contributed by atoms with E-state index < -0.39 is 33.1 Å². The molecule has 0 radical (unpaired) electrons. The van der Waals surface area contributed by atoms with Gasteiger partial charge < -0.3 is 10.0 Å². The maximum atomic E-state index is 12.7. The zero-order valence-electron chi connectivity index (χ0n) is 14.6. The predicted molar refractivity (Wildman–Crippen MR) is 95.8 cm³/mol. The number of hydrogen-bond donors (Lipinski definition) is 1. The largest absolute Gasteiger partial charge is 0.480 e. The lowest BCUT2D eigenvalue weighted by Gasteiger charge is -2.26. The van der Waals surface area contributed by atoms with Gasteiger partial charge >= 0.3 is 5.97 Å². The summed E-state index contributed by atoms with van der Waals surface area (Å²) in [5, 5.41) is 20.5. The minimum Gasteiger partial charge on any atom is -0.480 e. The van der Waals surface area contributed by atoms with Crippen LogP contribution in [0.15, 0.2) is 23.1 Å². The quantitative estimate of drug-likeness (QED) is 0.537. The van der Waals surface area contributed by atoms with E-state index in [0.717, 1.165) is 25.3 Å². The Balaban J connectivity index is 2.44. The molecule has 1 fully saturated rings. The highest BCUT2D eigenvalue weighted by Crippen LogP contribution is 2.32. The Morgan fingerprint density at radius 2 is 1.96 bits per heavy atom. The van der Waals surface area contributed by atoms with E-state index in [1.165, 1.54) is 21.3 Å². The zero-order chi connectivity index (χ0) is 19.3. The van der Waals surface area contributed by atoms with Gasteiger partial charge in [0.05, 0.1) is 9.82 Å². The number of piperidine rings is 1. The molecule has 26 heavy (non-hydrogen) atoms. The average molecular weight is 385 g/mol. The normalized spacial score (nSPS) is 15.6. The van der Waals surface area contributed by atoms with E-state index in [1.807, 2.05) is 6.92 Å². The Morgan fingerprint density at radius 1 is 1.31 bits per heavy atom. The molecule has 1 N–H and O–H groups in total. The number of carboxylic acids is 1. The van der Waals surface area contributed by atoms with Crippen LogP contribution < -0.4 is 4.90 Å². The summed E-state index contributed by atoms with van der Waals surface area (Å²) in [4.78, 5) is 23.1. The SMILES string of the molecule is CCCN(CC(=O)O)c1ccc(S(=O)(=O)N2CCCCC2)cc1[N+](=O)[O-]. The molecule has 0 saturated carbocycles. The number of sulfonamides is 1. The van der Waals surface area contributed by atoms with E-state index in [0.29, 0.717) is 26.1 Å². The third-order valence-electron chi connectivity index (χ3n) is 4.26. The smallest absolute Gasteiger partial charge is 0.323 e. The molecular weight excluding hydrogens is 362 g/mol. The van der Waals surface area contributed by atoms with E-state index >= 15 is 0 Å². The molecule has 0 amide bonds. The second kappa shape index (κ2) is 8.45. The lowest BCUT2D eigenvalue weighted by Crippen LogP contribution is -2.35. The van der Waals surface area contributed by atoms with Crippen LogP contribution in [0.3, 0.4) is 0 Å². The van der Waals surface area contributed by atoms with Crippen molar-refractivity contribution >= 4 is 27.4 Å². The Bertz CT molecular complexity index is 774. The number of aliphatic carboxylic acids is 1. The highest BCUT2D eigenvalue weighted by molar-refractivity contribution is 7.89. The minimum absolute atomic E-state index is 0.108. The van der Waals surface area contributed by atoms with E-state index in [-0.39, 0.29) is 10.6 Å². The van der Waals surface area contributed by atoms with Crippen molar-refractivity contribution in [3.63, 3.8) is 0 Å². The summed E-state index contributed by atoms with van der Waals surface area (Å²) >= 11 is 0. The lowest BCUT2D eigenvalue weighted by atomic mass is 10.2. The molecule has 144 valence electrons. The molecule has 1 aliphatic rings. The van der Waals surface area contributed by atoms with Crippen LogP contribution in [-0.2, 0) is 14.8 Å². The van der Waals surface area contributed by atoms with Gasteiger partial charge in [0.1, 0.15) is 12.2 Å². The Labute approximate surface area is 152 Å². The lowest BCUT2D eigenvalue weighted by molar-refractivity contribution is -0.384. The molecule has 0 aliphatic carbocycles. The first-order chi connectivity index (χ1) is 12.3. The van der Waals surface area contributed by atoms with Gasteiger partial charge in [-0.1, -0.05) is 13.3 Å². The van der Waals surface area contributed by atoms with Crippen LogP contribution in [-0.4, -0.2) is 54.9 Å². The highest BCUT2D eigenvalue weighted by Gasteiger charge is 2.29. The number of carbonyl (C=O) groups is 1. The number of anilines is 1. The molecule has 10 heteroatoms. The van der Waals surface area contributed by atoms with Crippen molar-refractivity contribution in [1.82, 2.24) is 4.31 Å². The molecule has 0 aromatic heterocycles. The van der Waals surface area contributed by atoms with Crippen molar-refractivity contribution in [2.45, 2.75) is 37.5 Å². The Hall–Kier alpha value is -2.20. The number of benzene rings is 1. The van der Waals surface area contributed by atoms with Crippen LogP contribution in [0, 0.1) is 10.1 Å². The van der Waals surface area contributed by atoms with Crippen molar-refractivity contribution in [1.29, 1.82) is 0 Å². The summed E-state index contributed by atoms with van der Waals surface area (Å²) in [5.41, 5.74) is -0.297. The zero-order valence-corrected chi connectivity index (χ0v) is 15.4. The summed E-state index contributed by atoms with van der Waals surface area (Å²) in [5.74, 6) is -1.11. The van der Waals surface area contributed by atoms with Gasteiger partial charge in [0.25, 0.3) is 5.69 Å². The Kier molecular flexibility index (Phi) is 6.54. The van der Waals surface area contributed by atoms with Gasteiger partial charge in [-0.3, -0.25) is 14.9 Å². The standard InChI is InChI=1S/C16H23N3O6S/c1-2-8-17(12-16(20)21)14-7-6-13(11-15(14)19(22)23)26(24,25)18-9-4-3-5-10-18/h6-7,11H,2-5,8-10,12H2,1H3,(H,20,21). The maximum absolute atomic E-state index is 12.7. The van der Waals surface area contributed by atoms with Gasteiger partial charge in [-0.15, -0.1) is 0 Å². The number of hydrogen-bond acceptors (Lipinski definition) is 6. The first-order valence-electron chi connectivity index (χ1n) is 8.52. The predicted octanol–water partition coefficient (Wildman–Crippen LogP) is 2.07. The van der Waals surface area contributed by atoms with Crippen molar-refractivity contribution in [2.75, 3.05) is 31.1 Å². The van der Waals surface area contributed by atoms with Crippen molar-refractivity contribution < 1.29 is 23.2 Å². The highest BCUT2D eigenvalue weighted by atomic mass is 32.2. The molecule has 1 heterocycles. The van der Waals surface area contributed by atoms with Crippen LogP contribution in [0.4, 0.5) is 11.4 Å². The molecule has 0 bridgehead atoms. The molecular formula is C16H23N3O6S. The fourth-order valence-electron chi connectivity index (χ4n) is 3.05. The average Bonchev–Trinajstić information content (AvgIpc) is 2.61. The third kappa shape index (κ3) is 4.50. The van der Waals surface area contributed by atoms with Gasteiger partial charge in [0.2, 0.25) is 10.0 Å². The van der Waals surface area contributed by atoms with Crippen LogP contribution >= 0.6 is 0 Å². The van der Waals surface area contributed by atoms with Crippen LogP contribution in [0.5, 0.6) is 0 Å². The Morgan fingerprint density at radius 3 is 2.50 bits per heavy atom. The van der Waals surface area contributed by atoms with Gasteiger partial charge in [-0.25, -0.2) is 8.42 Å².